The minimum absolute atomic E-state index is 0.271. The molecule has 7 nitrogen and oxygen atoms in total. The molecule has 2 fully saturated rings. The summed E-state index contributed by atoms with van der Waals surface area (Å²) in [5, 5.41) is 0. The first kappa shape index (κ1) is 22.7. The van der Waals surface area contributed by atoms with Crippen LogP contribution >= 0.6 is 0 Å². The Morgan fingerprint density at radius 2 is 0.944 bits per heavy atom. The van der Waals surface area contributed by atoms with E-state index in [2.05, 4.69) is 9.97 Å². The third-order valence-electron chi connectivity index (χ3n) is 6.30. The molecule has 4 heterocycles. The highest BCUT2D eigenvalue weighted by Crippen LogP contribution is 2.37. The van der Waals surface area contributed by atoms with Gasteiger partial charge >= 0.3 is 0 Å². The van der Waals surface area contributed by atoms with E-state index in [1.165, 1.54) is 0 Å². The molecule has 180 valence electrons. The van der Waals surface area contributed by atoms with Gasteiger partial charge in [0.2, 0.25) is 5.78 Å². The largest absolute Gasteiger partial charge is 0.346 e. The fraction of sp³-hybridized carbons (Fsp3) is 0.207. The topological polar surface area (TPSA) is 79.8 Å². The highest BCUT2D eigenvalue weighted by atomic mass is 16.7. The van der Waals surface area contributed by atoms with Gasteiger partial charge in [-0.05, 0) is 23.3 Å². The number of ketones is 1. The van der Waals surface area contributed by atoms with Crippen molar-refractivity contribution >= 4 is 5.78 Å². The molecule has 2 aromatic heterocycles. The van der Waals surface area contributed by atoms with Crippen molar-refractivity contribution in [2.45, 2.75) is 12.6 Å². The Labute approximate surface area is 208 Å². The van der Waals surface area contributed by atoms with E-state index in [1.807, 2.05) is 72.8 Å². The van der Waals surface area contributed by atoms with Gasteiger partial charge in [-0.3, -0.25) is 14.8 Å². The Balaban J connectivity index is 1.45. The average Bonchev–Trinajstić information content (AvgIpc) is 3.68. The smallest absolute Gasteiger partial charge is 0.230 e. The number of pyridine rings is 2. The van der Waals surface area contributed by atoms with E-state index in [-0.39, 0.29) is 5.78 Å². The van der Waals surface area contributed by atoms with Gasteiger partial charge in [-0.1, -0.05) is 60.7 Å². The number of benzene rings is 2. The Kier molecular flexibility index (Phi) is 6.36. The van der Waals surface area contributed by atoms with Crippen molar-refractivity contribution in [2.24, 2.45) is 0 Å². The molecule has 0 atom stereocenters. The molecule has 0 unspecified atom stereocenters. The third kappa shape index (κ3) is 4.23. The summed E-state index contributed by atoms with van der Waals surface area (Å²) in [6.45, 7) is 2.12. The Morgan fingerprint density at radius 3 is 1.39 bits per heavy atom. The van der Waals surface area contributed by atoms with Gasteiger partial charge < -0.3 is 18.9 Å². The summed E-state index contributed by atoms with van der Waals surface area (Å²) in [5.41, 5.74) is 5.42. The van der Waals surface area contributed by atoms with Gasteiger partial charge in [-0.15, -0.1) is 0 Å². The Hall–Kier alpha value is -3.75. The van der Waals surface area contributed by atoms with Crippen LogP contribution in [0.4, 0.5) is 0 Å². The number of hydrogen-bond donors (Lipinski definition) is 0. The third-order valence-corrected chi connectivity index (χ3v) is 6.30. The standard InChI is InChI=1S/C29H24N2O5/c32-27(25-21(11-5-13-30-25)19-7-1-3-9-23(19)28-33-15-16-34-28)26-22(12-6-14-31-26)20-8-2-4-10-24(20)29-35-17-18-36-29/h1-14,28-29H,15-18H2. The van der Waals surface area contributed by atoms with Gasteiger partial charge in [0.15, 0.2) is 12.6 Å². The molecule has 6 rings (SSSR count). The summed E-state index contributed by atoms with van der Waals surface area (Å²) >= 11 is 0. The van der Waals surface area contributed by atoms with E-state index in [1.54, 1.807) is 12.4 Å². The van der Waals surface area contributed by atoms with Gasteiger partial charge in [0.1, 0.15) is 11.4 Å². The van der Waals surface area contributed by atoms with Crippen LogP contribution < -0.4 is 0 Å². The number of carbonyl (C=O) groups is 1. The van der Waals surface area contributed by atoms with Crippen LogP contribution in [-0.2, 0) is 18.9 Å². The van der Waals surface area contributed by atoms with Crippen molar-refractivity contribution in [3.05, 3.63) is 108 Å². The quantitative estimate of drug-likeness (QED) is 0.354. The van der Waals surface area contributed by atoms with E-state index in [0.717, 1.165) is 22.3 Å². The van der Waals surface area contributed by atoms with Crippen LogP contribution in [0, 0.1) is 0 Å². The first-order chi connectivity index (χ1) is 17.8. The SMILES string of the molecule is O=C(c1ncccc1-c1ccccc1C1OCCO1)c1ncccc1-c1ccccc1C1OCCO1. The normalized spacial score (nSPS) is 16.4. The van der Waals surface area contributed by atoms with E-state index in [4.69, 9.17) is 18.9 Å². The fourth-order valence-electron chi connectivity index (χ4n) is 4.69. The van der Waals surface area contributed by atoms with Gasteiger partial charge in [0.05, 0.1) is 26.4 Å². The molecule has 2 aliphatic rings. The highest BCUT2D eigenvalue weighted by Gasteiger charge is 2.28. The lowest BCUT2D eigenvalue weighted by Gasteiger charge is -2.18. The maximum absolute atomic E-state index is 14.0. The minimum atomic E-state index is -0.479. The molecule has 2 aromatic carbocycles. The Bertz CT molecular complexity index is 1290. The van der Waals surface area contributed by atoms with E-state index >= 15 is 0 Å². The van der Waals surface area contributed by atoms with Crippen molar-refractivity contribution in [1.82, 2.24) is 9.97 Å². The zero-order valence-electron chi connectivity index (χ0n) is 19.5. The first-order valence-corrected chi connectivity index (χ1v) is 11.9. The van der Waals surface area contributed by atoms with Gasteiger partial charge in [0.25, 0.3) is 0 Å². The van der Waals surface area contributed by atoms with Gasteiger partial charge in [-0.2, -0.15) is 0 Å². The molecular weight excluding hydrogens is 456 g/mol. The molecule has 36 heavy (non-hydrogen) atoms. The molecule has 0 aliphatic carbocycles. The maximum atomic E-state index is 14.0. The molecule has 0 N–H and O–H groups in total. The number of rotatable bonds is 6. The lowest BCUT2D eigenvalue weighted by molar-refractivity contribution is -0.0438. The second kappa shape index (κ2) is 10.1. The number of nitrogens with zero attached hydrogens (tertiary/aromatic N) is 2. The highest BCUT2D eigenvalue weighted by molar-refractivity contribution is 6.13. The predicted molar refractivity (Wildman–Crippen MR) is 132 cm³/mol. The first-order valence-electron chi connectivity index (χ1n) is 11.9. The zero-order chi connectivity index (χ0) is 24.3. The lowest BCUT2D eigenvalue weighted by atomic mass is 9.92. The monoisotopic (exact) mass is 480 g/mol. The molecule has 0 amide bonds. The molecule has 0 bridgehead atoms. The van der Waals surface area contributed by atoms with E-state index < -0.39 is 12.6 Å². The van der Waals surface area contributed by atoms with Crippen LogP contribution in [0.2, 0.25) is 0 Å². The van der Waals surface area contributed by atoms with Crippen molar-refractivity contribution in [1.29, 1.82) is 0 Å². The van der Waals surface area contributed by atoms with E-state index in [9.17, 15) is 4.79 Å². The lowest BCUT2D eigenvalue weighted by Crippen LogP contribution is -2.12. The van der Waals surface area contributed by atoms with E-state index in [0.29, 0.717) is 48.9 Å². The van der Waals surface area contributed by atoms with Gasteiger partial charge in [0, 0.05) is 34.6 Å². The molecule has 0 saturated carbocycles. The average molecular weight is 481 g/mol. The number of aromatic nitrogens is 2. The second-order valence-corrected chi connectivity index (χ2v) is 8.45. The molecular formula is C29H24N2O5. The zero-order valence-corrected chi connectivity index (χ0v) is 19.5. The van der Waals surface area contributed by atoms with Crippen LogP contribution in [0.1, 0.15) is 39.9 Å². The minimum Gasteiger partial charge on any atom is -0.346 e. The van der Waals surface area contributed by atoms with Crippen molar-refractivity contribution in [2.75, 3.05) is 26.4 Å². The number of hydrogen-bond acceptors (Lipinski definition) is 7. The van der Waals surface area contributed by atoms with Crippen LogP contribution in [0.25, 0.3) is 22.3 Å². The van der Waals surface area contributed by atoms with Crippen LogP contribution in [0.5, 0.6) is 0 Å². The maximum Gasteiger partial charge on any atom is 0.230 e. The van der Waals surface area contributed by atoms with Crippen molar-refractivity contribution in [3.63, 3.8) is 0 Å². The molecule has 0 spiro atoms. The summed E-state index contributed by atoms with van der Waals surface area (Å²) in [6.07, 6.45) is 2.29. The second-order valence-electron chi connectivity index (χ2n) is 8.45. The summed E-state index contributed by atoms with van der Waals surface area (Å²) in [7, 11) is 0. The molecule has 7 heteroatoms. The molecule has 2 saturated heterocycles. The predicted octanol–water partition coefficient (Wildman–Crippen LogP) is 5.13. The molecule has 0 radical (unpaired) electrons. The molecule has 2 aliphatic heterocycles. The Morgan fingerprint density at radius 1 is 0.556 bits per heavy atom. The summed E-state index contributed by atoms with van der Waals surface area (Å²) in [4.78, 5) is 23.1. The summed E-state index contributed by atoms with van der Waals surface area (Å²) in [5.74, 6) is -0.271. The number of ether oxygens (including phenoxy) is 4. The molecule has 4 aromatic rings. The van der Waals surface area contributed by atoms with Gasteiger partial charge in [-0.25, -0.2) is 0 Å². The van der Waals surface area contributed by atoms with Crippen LogP contribution in [0.3, 0.4) is 0 Å². The summed E-state index contributed by atoms with van der Waals surface area (Å²) < 4.78 is 23.0. The summed E-state index contributed by atoms with van der Waals surface area (Å²) in [6, 6.07) is 23.0. The van der Waals surface area contributed by atoms with Crippen LogP contribution in [-0.4, -0.2) is 42.2 Å². The fourth-order valence-corrected chi connectivity index (χ4v) is 4.69. The van der Waals surface area contributed by atoms with Crippen molar-refractivity contribution in [3.8, 4) is 22.3 Å². The number of carbonyl (C=O) groups excluding carboxylic acids is 1. The van der Waals surface area contributed by atoms with Crippen LogP contribution in [0.15, 0.2) is 85.2 Å². The van der Waals surface area contributed by atoms with Crippen molar-refractivity contribution < 1.29 is 23.7 Å².